The van der Waals surface area contributed by atoms with Crippen LogP contribution in [0, 0.1) is 0 Å². The van der Waals surface area contributed by atoms with E-state index in [0.717, 1.165) is 5.75 Å². The Morgan fingerprint density at radius 3 is 2.95 bits per heavy atom. The Labute approximate surface area is 119 Å². The molecule has 1 aromatic heterocycles. The third-order valence-electron chi connectivity index (χ3n) is 4.21. The third-order valence-corrected chi connectivity index (χ3v) is 4.21. The van der Waals surface area contributed by atoms with E-state index in [1.165, 1.54) is 24.0 Å². The first-order valence-electron chi connectivity index (χ1n) is 7.15. The van der Waals surface area contributed by atoms with Crippen molar-refractivity contribution in [2.75, 3.05) is 7.11 Å². The molecule has 1 aliphatic rings. The largest absolute Gasteiger partial charge is 0.497 e. The number of hydrogen-bond donors (Lipinski definition) is 2. The Morgan fingerprint density at radius 1 is 1.40 bits per heavy atom. The summed E-state index contributed by atoms with van der Waals surface area (Å²) in [6.07, 6.45) is 6.22. The fraction of sp³-hybridized carbons (Fsp3) is 0.438. The van der Waals surface area contributed by atoms with Crippen molar-refractivity contribution >= 4 is 0 Å². The van der Waals surface area contributed by atoms with Crippen LogP contribution in [0.3, 0.4) is 0 Å². The van der Waals surface area contributed by atoms with Gasteiger partial charge in [-0.05, 0) is 43.4 Å². The van der Waals surface area contributed by atoms with E-state index >= 15 is 0 Å². The lowest BCUT2D eigenvalue weighted by Gasteiger charge is -2.38. The number of H-pyrrole nitrogens is 1. The highest BCUT2D eigenvalue weighted by atomic mass is 16.5. The summed E-state index contributed by atoms with van der Waals surface area (Å²) >= 11 is 0. The first-order valence-corrected chi connectivity index (χ1v) is 7.15. The van der Waals surface area contributed by atoms with Crippen molar-refractivity contribution in [3.63, 3.8) is 0 Å². The molecule has 4 heteroatoms. The molecule has 20 heavy (non-hydrogen) atoms. The predicted octanol–water partition coefficient (Wildman–Crippen LogP) is 3.02. The van der Waals surface area contributed by atoms with Gasteiger partial charge in [0.25, 0.3) is 0 Å². The standard InChI is InChI=1S/C16H21N3O/c1-11(14-9-17-18-10-14)19-15-6-13(7-15)12-4-3-5-16(8-12)20-2/h3-5,8-11,13,15,19H,6-7H2,1-2H3,(H,17,18). The van der Waals surface area contributed by atoms with Gasteiger partial charge in [-0.1, -0.05) is 12.1 Å². The van der Waals surface area contributed by atoms with Crippen LogP contribution in [0.15, 0.2) is 36.7 Å². The summed E-state index contributed by atoms with van der Waals surface area (Å²) in [5.74, 6) is 1.60. The van der Waals surface area contributed by atoms with Crippen molar-refractivity contribution in [1.29, 1.82) is 0 Å². The Morgan fingerprint density at radius 2 is 2.25 bits per heavy atom. The Balaban J connectivity index is 1.53. The van der Waals surface area contributed by atoms with Gasteiger partial charge in [0.15, 0.2) is 0 Å². The van der Waals surface area contributed by atoms with E-state index in [0.29, 0.717) is 18.0 Å². The van der Waals surface area contributed by atoms with E-state index in [1.807, 2.05) is 18.5 Å². The van der Waals surface area contributed by atoms with Gasteiger partial charge >= 0.3 is 0 Å². The fourth-order valence-corrected chi connectivity index (χ4v) is 2.87. The van der Waals surface area contributed by atoms with Crippen LogP contribution in [-0.2, 0) is 0 Å². The van der Waals surface area contributed by atoms with Crippen LogP contribution in [0.4, 0.5) is 0 Å². The monoisotopic (exact) mass is 271 g/mol. The van der Waals surface area contributed by atoms with E-state index in [2.05, 4.69) is 40.6 Å². The van der Waals surface area contributed by atoms with Crippen molar-refractivity contribution in [1.82, 2.24) is 15.5 Å². The number of nitrogens with zero attached hydrogens (tertiary/aromatic N) is 1. The minimum absolute atomic E-state index is 0.352. The number of hydrogen-bond acceptors (Lipinski definition) is 3. The maximum Gasteiger partial charge on any atom is 0.119 e. The number of rotatable bonds is 5. The lowest BCUT2D eigenvalue weighted by molar-refractivity contribution is 0.270. The highest BCUT2D eigenvalue weighted by molar-refractivity contribution is 5.32. The van der Waals surface area contributed by atoms with Gasteiger partial charge in [-0.2, -0.15) is 5.10 Å². The summed E-state index contributed by atoms with van der Waals surface area (Å²) in [5, 5.41) is 10.5. The Bertz CT molecular complexity index is 547. The minimum Gasteiger partial charge on any atom is -0.497 e. The zero-order chi connectivity index (χ0) is 13.9. The molecule has 0 saturated heterocycles. The maximum absolute atomic E-state index is 5.29. The quantitative estimate of drug-likeness (QED) is 0.879. The first kappa shape index (κ1) is 13.2. The molecule has 1 aromatic carbocycles. The van der Waals surface area contributed by atoms with E-state index < -0.39 is 0 Å². The van der Waals surface area contributed by atoms with Gasteiger partial charge in [0.2, 0.25) is 0 Å². The molecule has 0 spiro atoms. The van der Waals surface area contributed by atoms with E-state index in [-0.39, 0.29) is 0 Å². The van der Waals surface area contributed by atoms with Crippen LogP contribution in [0.5, 0.6) is 5.75 Å². The molecule has 0 amide bonds. The van der Waals surface area contributed by atoms with Gasteiger partial charge in [0.05, 0.1) is 13.3 Å². The van der Waals surface area contributed by atoms with Crippen molar-refractivity contribution < 1.29 is 4.74 Å². The molecular weight excluding hydrogens is 250 g/mol. The molecule has 0 radical (unpaired) electrons. The van der Waals surface area contributed by atoms with Crippen molar-refractivity contribution in [2.45, 2.75) is 37.8 Å². The molecule has 1 atom stereocenters. The maximum atomic E-state index is 5.29. The zero-order valence-electron chi connectivity index (χ0n) is 12.0. The van der Waals surface area contributed by atoms with Crippen LogP contribution >= 0.6 is 0 Å². The SMILES string of the molecule is COc1cccc(C2CC(NC(C)c3cn[nH]c3)C2)c1. The number of ether oxygens (including phenoxy) is 1. The number of benzene rings is 1. The van der Waals surface area contributed by atoms with Crippen molar-refractivity contribution in [3.8, 4) is 5.75 Å². The molecule has 0 bridgehead atoms. The number of aromatic nitrogens is 2. The normalized spacial score (nSPS) is 23.1. The second-order valence-electron chi connectivity index (χ2n) is 5.56. The molecule has 3 rings (SSSR count). The van der Waals surface area contributed by atoms with Crippen molar-refractivity contribution in [3.05, 3.63) is 47.8 Å². The summed E-state index contributed by atoms with van der Waals surface area (Å²) < 4.78 is 5.29. The predicted molar refractivity (Wildman–Crippen MR) is 78.9 cm³/mol. The Kier molecular flexibility index (Phi) is 3.74. The highest BCUT2D eigenvalue weighted by Gasteiger charge is 2.31. The molecule has 1 heterocycles. The van der Waals surface area contributed by atoms with Gasteiger partial charge in [-0.15, -0.1) is 0 Å². The molecule has 0 aliphatic heterocycles. The van der Waals surface area contributed by atoms with Crippen LogP contribution < -0.4 is 10.1 Å². The second-order valence-corrected chi connectivity index (χ2v) is 5.56. The zero-order valence-corrected chi connectivity index (χ0v) is 12.0. The van der Waals surface area contributed by atoms with Crippen LogP contribution in [0.25, 0.3) is 0 Å². The summed E-state index contributed by atoms with van der Waals surface area (Å²) in [6, 6.07) is 9.37. The summed E-state index contributed by atoms with van der Waals surface area (Å²) in [6.45, 7) is 2.18. The molecular formula is C16H21N3O. The van der Waals surface area contributed by atoms with Gasteiger partial charge in [-0.25, -0.2) is 0 Å². The van der Waals surface area contributed by atoms with Crippen LogP contribution in [0.1, 0.15) is 42.9 Å². The number of methoxy groups -OCH3 is 1. The average molecular weight is 271 g/mol. The van der Waals surface area contributed by atoms with Gasteiger partial charge in [0.1, 0.15) is 5.75 Å². The smallest absolute Gasteiger partial charge is 0.119 e. The molecule has 2 aromatic rings. The first-order chi connectivity index (χ1) is 9.76. The highest BCUT2D eigenvalue weighted by Crippen LogP contribution is 2.38. The van der Waals surface area contributed by atoms with Crippen LogP contribution in [0.2, 0.25) is 0 Å². The lowest BCUT2D eigenvalue weighted by atomic mass is 9.75. The average Bonchev–Trinajstić information content (AvgIpc) is 2.96. The lowest BCUT2D eigenvalue weighted by Crippen LogP contribution is -2.41. The van der Waals surface area contributed by atoms with Gasteiger partial charge in [0, 0.05) is 23.8 Å². The van der Waals surface area contributed by atoms with Gasteiger partial charge in [-0.3, -0.25) is 5.10 Å². The summed E-state index contributed by atoms with van der Waals surface area (Å²) in [7, 11) is 1.72. The van der Waals surface area contributed by atoms with E-state index in [4.69, 9.17) is 4.74 Å². The molecule has 1 saturated carbocycles. The Hall–Kier alpha value is -1.81. The topological polar surface area (TPSA) is 49.9 Å². The number of nitrogens with one attached hydrogen (secondary N) is 2. The van der Waals surface area contributed by atoms with Gasteiger partial charge < -0.3 is 10.1 Å². The summed E-state index contributed by atoms with van der Waals surface area (Å²) in [4.78, 5) is 0. The van der Waals surface area contributed by atoms with E-state index in [9.17, 15) is 0 Å². The molecule has 1 unspecified atom stereocenters. The second kappa shape index (κ2) is 5.67. The summed E-state index contributed by atoms with van der Waals surface area (Å²) in [5.41, 5.74) is 2.60. The third kappa shape index (κ3) is 2.70. The fourth-order valence-electron chi connectivity index (χ4n) is 2.87. The molecule has 2 N–H and O–H groups in total. The van der Waals surface area contributed by atoms with Crippen LogP contribution in [-0.4, -0.2) is 23.3 Å². The van der Waals surface area contributed by atoms with Crippen molar-refractivity contribution in [2.24, 2.45) is 0 Å². The minimum atomic E-state index is 0.352. The molecule has 4 nitrogen and oxygen atoms in total. The molecule has 1 fully saturated rings. The molecule has 106 valence electrons. The number of aromatic amines is 1. The molecule has 1 aliphatic carbocycles. The van der Waals surface area contributed by atoms with E-state index in [1.54, 1.807) is 7.11 Å².